The molecule has 1 atom stereocenters. The van der Waals surface area contributed by atoms with Gasteiger partial charge < -0.3 is 19.5 Å². The fraction of sp³-hybridized carbons (Fsp3) is 0.652. The molecule has 5 nitrogen and oxygen atoms in total. The summed E-state index contributed by atoms with van der Waals surface area (Å²) in [6, 6.07) is 7.34. The summed E-state index contributed by atoms with van der Waals surface area (Å²) in [6.07, 6.45) is 7.80. The molecule has 1 N–H and O–H groups in total. The molecule has 1 saturated carbocycles. The van der Waals surface area contributed by atoms with E-state index in [9.17, 15) is 4.79 Å². The normalized spacial score (nSPS) is 16.0. The maximum atomic E-state index is 12.3. The molecule has 162 valence electrons. The number of carbonyl (C=O) groups is 1. The largest absolute Gasteiger partial charge is 0.497 e. The van der Waals surface area contributed by atoms with Crippen molar-refractivity contribution in [2.24, 2.45) is 5.92 Å². The Morgan fingerprint density at radius 3 is 2.41 bits per heavy atom. The summed E-state index contributed by atoms with van der Waals surface area (Å²) in [5.74, 6) is 1.50. The molecule has 1 amide bonds. The van der Waals surface area contributed by atoms with Crippen molar-refractivity contribution in [1.82, 2.24) is 5.32 Å². The SMILES string of the molecule is COc1ccc(COC(=S)[C@@H](CCC2CCCCC2)NC(=O)OC(C)(C)C)cc1. The highest BCUT2D eigenvalue weighted by atomic mass is 32.1. The number of hydrogen-bond acceptors (Lipinski definition) is 5. The van der Waals surface area contributed by atoms with Crippen molar-refractivity contribution in [2.45, 2.75) is 84.0 Å². The average Bonchev–Trinajstić information content (AvgIpc) is 2.69. The molecule has 1 aromatic rings. The van der Waals surface area contributed by atoms with Crippen LogP contribution in [0.25, 0.3) is 0 Å². The second-order valence-electron chi connectivity index (χ2n) is 8.74. The molecular formula is C23H35NO4S. The molecule has 0 radical (unpaired) electrons. The van der Waals surface area contributed by atoms with E-state index in [1.807, 2.05) is 45.0 Å². The van der Waals surface area contributed by atoms with Crippen molar-refractivity contribution >= 4 is 23.4 Å². The Labute approximate surface area is 180 Å². The molecule has 29 heavy (non-hydrogen) atoms. The van der Waals surface area contributed by atoms with E-state index in [-0.39, 0.29) is 6.04 Å². The minimum Gasteiger partial charge on any atom is -0.497 e. The zero-order valence-electron chi connectivity index (χ0n) is 18.2. The van der Waals surface area contributed by atoms with Crippen LogP contribution in [-0.4, -0.2) is 29.9 Å². The first kappa shape index (κ1) is 23.5. The second kappa shape index (κ2) is 11.4. The number of amides is 1. The number of methoxy groups -OCH3 is 1. The topological polar surface area (TPSA) is 56.8 Å². The summed E-state index contributed by atoms with van der Waals surface area (Å²) in [4.78, 5) is 12.3. The van der Waals surface area contributed by atoms with Crippen LogP contribution >= 0.6 is 12.2 Å². The third-order valence-electron chi connectivity index (χ3n) is 5.10. The molecule has 0 heterocycles. The van der Waals surface area contributed by atoms with Crippen molar-refractivity contribution in [3.05, 3.63) is 29.8 Å². The first-order valence-electron chi connectivity index (χ1n) is 10.6. The minimum atomic E-state index is -0.552. The molecule has 1 fully saturated rings. The summed E-state index contributed by atoms with van der Waals surface area (Å²) in [6.45, 7) is 5.91. The van der Waals surface area contributed by atoms with E-state index in [1.165, 1.54) is 32.1 Å². The van der Waals surface area contributed by atoms with Crippen LogP contribution in [0, 0.1) is 5.92 Å². The van der Waals surface area contributed by atoms with Crippen molar-refractivity contribution in [2.75, 3.05) is 7.11 Å². The maximum absolute atomic E-state index is 12.3. The van der Waals surface area contributed by atoms with Gasteiger partial charge in [0.15, 0.2) is 5.05 Å². The second-order valence-corrected chi connectivity index (χ2v) is 9.14. The zero-order valence-corrected chi connectivity index (χ0v) is 19.0. The van der Waals surface area contributed by atoms with Crippen LogP contribution in [0.5, 0.6) is 5.75 Å². The molecule has 1 aliphatic rings. The summed E-state index contributed by atoms with van der Waals surface area (Å²) in [5, 5.41) is 3.33. The smallest absolute Gasteiger partial charge is 0.408 e. The van der Waals surface area contributed by atoms with Gasteiger partial charge in [0.2, 0.25) is 0 Å². The lowest BCUT2D eigenvalue weighted by Crippen LogP contribution is -2.43. The number of hydrogen-bond donors (Lipinski definition) is 1. The Bertz CT molecular complexity index is 648. The first-order valence-corrected chi connectivity index (χ1v) is 11.0. The van der Waals surface area contributed by atoms with Crippen LogP contribution in [0.1, 0.15) is 71.3 Å². The van der Waals surface area contributed by atoms with Gasteiger partial charge in [-0.25, -0.2) is 4.79 Å². The summed E-state index contributed by atoms with van der Waals surface area (Å²) in [5.41, 5.74) is 0.445. The number of alkyl carbamates (subject to hydrolysis) is 1. The Kier molecular flexibility index (Phi) is 9.21. The lowest BCUT2D eigenvalue weighted by molar-refractivity contribution is 0.0509. The lowest BCUT2D eigenvalue weighted by Gasteiger charge is -2.26. The van der Waals surface area contributed by atoms with Gasteiger partial charge in [0, 0.05) is 0 Å². The van der Waals surface area contributed by atoms with Gasteiger partial charge in [-0.3, -0.25) is 0 Å². The van der Waals surface area contributed by atoms with Crippen LogP contribution in [0.3, 0.4) is 0 Å². The predicted molar refractivity (Wildman–Crippen MR) is 119 cm³/mol. The van der Waals surface area contributed by atoms with E-state index in [4.69, 9.17) is 26.4 Å². The highest BCUT2D eigenvalue weighted by Gasteiger charge is 2.24. The molecule has 0 unspecified atom stereocenters. The van der Waals surface area contributed by atoms with E-state index in [0.29, 0.717) is 17.6 Å². The third kappa shape index (κ3) is 9.03. The fourth-order valence-corrected chi connectivity index (χ4v) is 3.79. The Morgan fingerprint density at radius 2 is 1.83 bits per heavy atom. The van der Waals surface area contributed by atoms with Gasteiger partial charge in [-0.15, -0.1) is 0 Å². The highest BCUT2D eigenvalue weighted by molar-refractivity contribution is 7.80. The van der Waals surface area contributed by atoms with Gasteiger partial charge in [-0.1, -0.05) is 44.2 Å². The van der Waals surface area contributed by atoms with E-state index in [2.05, 4.69) is 5.32 Å². The minimum absolute atomic E-state index is 0.333. The van der Waals surface area contributed by atoms with Crippen molar-refractivity contribution in [3.63, 3.8) is 0 Å². The number of nitrogens with one attached hydrogen (secondary N) is 1. The summed E-state index contributed by atoms with van der Waals surface area (Å²) < 4.78 is 16.5. The van der Waals surface area contributed by atoms with Crippen LogP contribution in [-0.2, 0) is 16.1 Å². The monoisotopic (exact) mass is 421 g/mol. The fourth-order valence-electron chi connectivity index (χ4n) is 3.55. The van der Waals surface area contributed by atoms with E-state index in [1.54, 1.807) is 7.11 Å². The summed E-state index contributed by atoms with van der Waals surface area (Å²) in [7, 11) is 1.64. The average molecular weight is 422 g/mol. The quantitative estimate of drug-likeness (QED) is 0.538. The van der Waals surface area contributed by atoms with Crippen molar-refractivity contribution in [3.8, 4) is 5.75 Å². The Hall–Kier alpha value is -1.82. The van der Waals surface area contributed by atoms with E-state index >= 15 is 0 Å². The highest BCUT2D eigenvalue weighted by Crippen LogP contribution is 2.28. The van der Waals surface area contributed by atoms with Gasteiger partial charge in [-0.05, 0) is 69.4 Å². The molecule has 1 aliphatic carbocycles. The Morgan fingerprint density at radius 1 is 1.17 bits per heavy atom. The molecule has 2 rings (SSSR count). The maximum Gasteiger partial charge on any atom is 0.408 e. The van der Waals surface area contributed by atoms with Crippen LogP contribution < -0.4 is 10.1 Å². The molecule has 6 heteroatoms. The van der Waals surface area contributed by atoms with Gasteiger partial charge in [0.05, 0.1) is 7.11 Å². The molecular weight excluding hydrogens is 386 g/mol. The third-order valence-corrected chi connectivity index (χ3v) is 5.51. The number of carbonyl (C=O) groups excluding carboxylic acids is 1. The predicted octanol–water partition coefficient (Wildman–Crippen LogP) is 5.79. The molecule has 0 aromatic heterocycles. The molecule has 0 saturated heterocycles. The van der Waals surface area contributed by atoms with Gasteiger partial charge in [0.25, 0.3) is 0 Å². The molecule has 0 aliphatic heterocycles. The van der Waals surface area contributed by atoms with E-state index in [0.717, 1.165) is 24.2 Å². The van der Waals surface area contributed by atoms with Crippen molar-refractivity contribution < 1.29 is 19.0 Å². The lowest BCUT2D eigenvalue weighted by atomic mass is 9.85. The van der Waals surface area contributed by atoms with E-state index < -0.39 is 11.7 Å². The van der Waals surface area contributed by atoms with Crippen molar-refractivity contribution in [1.29, 1.82) is 0 Å². The number of benzene rings is 1. The molecule has 0 spiro atoms. The summed E-state index contributed by atoms with van der Waals surface area (Å²) >= 11 is 5.53. The van der Waals surface area contributed by atoms with Gasteiger partial charge >= 0.3 is 6.09 Å². The van der Waals surface area contributed by atoms with Gasteiger partial charge in [-0.2, -0.15) is 0 Å². The number of ether oxygens (including phenoxy) is 3. The molecule has 0 bridgehead atoms. The molecule has 1 aromatic carbocycles. The Balaban J connectivity index is 1.93. The van der Waals surface area contributed by atoms with Crippen LogP contribution in [0.2, 0.25) is 0 Å². The van der Waals surface area contributed by atoms with Gasteiger partial charge in [0.1, 0.15) is 24.0 Å². The standard InChI is InChI=1S/C23H35NO4S/c1-23(2,3)28-22(25)24-20(15-12-17-8-6-5-7-9-17)21(29)27-16-18-10-13-19(26-4)14-11-18/h10-11,13-14,17,20H,5-9,12,15-16H2,1-4H3,(H,24,25)/t20-/m1/s1. The number of rotatable bonds is 8. The first-order chi connectivity index (χ1) is 13.8. The van der Waals surface area contributed by atoms with Crippen LogP contribution in [0.15, 0.2) is 24.3 Å². The van der Waals surface area contributed by atoms with Crippen LogP contribution in [0.4, 0.5) is 4.79 Å². The zero-order chi connectivity index (χ0) is 21.3. The number of thiocarbonyl (C=S) groups is 1.